The van der Waals surface area contributed by atoms with Crippen LogP contribution in [-0.4, -0.2) is 16.0 Å². The molecule has 0 saturated carbocycles. The number of aryl methyl sites for hydroxylation is 1. The fraction of sp³-hybridized carbons (Fsp3) is 0.312. The van der Waals surface area contributed by atoms with Gasteiger partial charge in [0.05, 0.1) is 18.4 Å². The van der Waals surface area contributed by atoms with Crippen LogP contribution < -0.4 is 0 Å². The standard InChI is InChI=1S/C16H15Cl2FN2/c1-2-13-15(19)6-4-10-8-20-21(16(10)13)9-11-3-5-12(17)7-14(11)18/h2-3,5,7-8,15H,4,6,9H2,1H3/b13-2-. The number of aromatic nitrogens is 2. The van der Waals surface area contributed by atoms with Gasteiger partial charge in [-0.05, 0) is 43.0 Å². The molecule has 2 nitrogen and oxygen atoms in total. The molecule has 0 spiro atoms. The van der Waals surface area contributed by atoms with E-state index < -0.39 is 6.17 Å². The summed E-state index contributed by atoms with van der Waals surface area (Å²) < 4.78 is 15.9. The largest absolute Gasteiger partial charge is 0.260 e. The molecule has 5 heteroatoms. The highest BCUT2D eigenvalue weighted by atomic mass is 35.5. The summed E-state index contributed by atoms with van der Waals surface area (Å²) in [5, 5.41) is 5.61. The number of benzene rings is 1. The minimum Gasteiger partial charge on any atom is -0.260 e. The molecule has 0 fully saturated rings. The van der Waals surface area contributed by atoms with Gasteiger partial charge in [-0.3, -0.25) is 4.68 Å². The van der Waals surface area contributed by atoms with E-state index in [1.54, 1.807) is 12.1 Å². The fourth-order valence-electron chi connectivity index (χ4n) is 2.78. The number of halogens is 3. The lowest BCUT2D eigenvalue weighted by molar-refractivity contribution is 0.380. The highest BCUT2D eigenvalue weighted by Gasteiger charge is 2.27. The van der Waals surface area contributed by atoms with Crippen molar-refractivity contribution < 1.29 is 4.39 Å². The van der Waals surface area contributed by atoms with Crippen LogP contribution >= 0.6 is 23.2 Å². The molecule has 0 bridgehead atoms. The Labute approximate surface area is 133 Å². The molecule has 2 aromatic rings. The zero-order valence-electron chi connectivity index (χ0n) is 11.6. The number of fused-ring (bicyclic) bond motifs is 1. The molecular formula is C16H15Cl2FN2. The zero-order valence-corrected chi connectivity index (χ0v) is 13.1. The van der Waals surface area contributed by atoms with Crippen molar-refractivity contribution in [3.8, 4) is 0 Å². The first-order valence-electron chi connectivity index (χ1n) is 6.89. The lowest BCUT2D eigenvalue weighted by Crippen LogP contribution is -2.17. The monoisotopic (exact) mass is 324 g/mol. The van der Waals surface area contributed by atoms with Crippen molar-refractivity contribution in [2.45, 2.75) is 32.5 Å². The van der Waals surface area contributed by atoms with Crippen LogP contribution in [0, 0.1) is 0 Å². The second-order valence-electron chi connectivity index (χ2n) is 5.16. The molecule has 0 radical (unpaired) electrons. The Morgan fingerprint density at radius 3 is 2.95 bits per heavy atom. The van der Waals surface area contributed by atoms with E-state index in [0.29, 0.717) is 23.0 Å². The molecular weight excluding hydrogens is 310 g/mol. The van der Waals surface area contributed by atoms with E-state index in [2.05, 4.69) is 5.10 Å². The fourth-order valence-corrected chi connectivity index (χ4v) is 3.24. The Bertz CT molecular complexity index is 706. The SMILES string of the molecule is C/C=C1\c2c(cnn2Cc2ccc(Cl)cc2Cl)CCC1F. The first kappa shape index (κ1) is 14.6. The summed E-state index contributed by atoms with van der Waals surface area (Å²) in [4.78, 5) is 0. The number of rotatable bonds is 2. The summed E-state index contributed by atoms with van der Waals surface area (Å²) in [5.41, 5.74) is 3.63. The van der Waals surface area contributed by atoms with Gasteiger partial charge in [-0.15, -0.1) is 0 Å². The molecule has 3 rings (SSSR count). The molecule has 1 aromatic heterocycles. The predicted molar refractivity (Wildman–Crippen MR) is 84.7 cm³/mol. The number of nitrogens with zero attached hydrogens (tertiary/aromatic N) is 2. The third kappa shape index (κ3) is 2.72. The Hall–Kier alpha value is -1.32. The Morgan fingerprint density at radius 2 is 2.24 bits per heavy atom. The number of hydrogen-bond donors (Lipinski definition) is 0. The summed E-state index contributed by atoms with van der Waals surface area (Å²) in [7, 11) is 0. The molecule has 1 aliphatic rings. The highest BCUT2D eigenvalue weighted by molar-refractivity contribution is 6.35. The summed E-state index contributed by atoms with van der Waals surface area (Å²) in [6.45, 7) is 2.37. The molecule has 1 heterocycles. The molecule has 0 aliphatic heterocycles. The van der Waals surface area contributed by atoms with Gasteiger partial charge in [-0.2, -0.15) is 5.10 Å². The quantitative estimate of drug-likeness (QED) is 0.766. The molecule has 1 atom stereocenters. The average Bonchev–Trinajstić information content (AvgIpc) is 2.85. The molecule has 0 N–H and O–H groups in total. The molecule has 0 saturated heterocycles. The van der Waals surface area contributed by atoms with Gasteiger partial charge in [0, 0.05) is 15.6 Å². The van der Waals surface area contributed by atoms with Gasteiger partial charge >= 0.3 is 0 Å². The normalized spacial score (nSPS) is 19.8. The first-order chi connectivity index (χ1) is 10.1. The number of allylic oxidation sites excluding steroid dienone is 2. The third-order valence-corrected chi connectivity index (χ3v) is 4.43. The van der Waals surface area contributed by atoms with Crippen molar-refractivity contribution in [2.24, 2.45) is 0 Å². The lowest BCUT2D eigenvalue weighted by atomic mass is 9.91. The maximum atomic E-state index is 14.1. The second-order valence-corrected chi connectivity index (χ2v) is 6.01. The van der Waals surface area contributed by atoms with Gasteiger partial charge in [-0.25, -0.2) is 4.39 Å². The van der Waals surface area contributed by atoms with Gasteiger partial charge in [0.25, 0.3) is 0 Å². The van der Waals surface area contributed by atoms with Crippen LogP contribution in [0.1, 0.15) is 30.2 Å². The Balaban J connectivity index is 2.00. The molecule has 1 aliphatic carbocycles. The highest BCUT2D eigenvalue weighted by Crippen LogP contribution is 2.33. The van der Waals surface area contributed by atoms with E-state index in [1.807, 2.05) is 29.9 Å². The minimum absolute atomic E-state index is 0.509. The predicted octanol–water partition coefficient (Wildman–Crippen LogP) is 4.93. The molecule has 1 aromatic carbocycles. The first-order valence-corrected chi connectivity index (χ1v) is 7.65. The van der Waals surface area contributed by atoms with Crippen molar-refractivity contribution in [1.29, 1.82) is 0 Å². The second kappa shape index (κ2) is 5.82. The van der Waals surface area contributed by atoms with Crippen LogP contribution in [-0.2, 0) is 13.0 Å². The van der Waals surface area contributed by atoms with Crippen LogP contribution in [0.25, 0.3) is 5.57 Å². The molecule has 0 amide bonds. The van der Waals surface area contributed by atoms with Crippen molar-refractivity contribution in [1.82, 2.24) is 9.78 Å². The average molecular weight is 325 g/mol. The number of alkyl halides is 1. The maximum Gasteiger partial charge on any atom is 0.127 e. The van der Waals surface area contributed by atoms with Crippen LogP contribution in [0.2, 0.25) is 10.0 Å². The van der Waals surface area contributed by atoms with E-state index in [1.165, 1.54) is 0 Å². The summed E-state index contributed by atoms with van der Waals surface area (Å²) >= 11 is 12.1. The number of hydrogen-bond acceptors (Lipinski definition) is 1. The van der Waals surface area contributed by atoms with E-state index in [4.69, 9.17) is 23.2 Å². The summed E-state index contributed by atoms with van der Waals surface area (Å²) in [6.07, 6.45) is 4.00. The van der Waals surface area contributed by atoms with Gasteiger partial charge in [0.2, 0.25) is 0 Å². The maximum absolute atomic E-state index is 14.1. The smallest absolute Gasteiger partial charge is 0.127 e. The minimum atomic E-state index is -0.918. The van der Waals surface area contributed by atoms with E-state index in [9.17, 15) is 4.39 Å². The van der Waals surface area contributed by atoms with Crippen molar-refractivity contribution in [3.63, 3.8) is 0 Å². The van der Waals surface area contributed by atoms with Crippen molar-refractivity contribution >= 4 is 28.8 Å². The van der Waals surface area contributed by atoms with Gasteiger partial charge in [0.15, 0.2) is 0 Å². The van der Waals surface area contributed by atoms with Crippen LogP contribution in [0.15, 0.2) is 30.5 Å². The van der Waals surface area contributed by atoms with Gasteiger partial charge < -0.3 is 0 Å². The van der Waals surface area contributed by atoms with Crippen LogP contribution in [0.5, 0.6) is 0 Å². The van der Waals surface area contributed by atoms with E-state index in [-0.39, 0.29) is 0 Å². The van der Waals surface area contributed by atoms with Crippen molar-refractivity contribution in [3.05, 3.63) is 57.3 Å². The summed E-state index contributed by atoms with van der Waals surface area (Å²) in [6, 6.07) is 5.39. The van der Waals surface area contributed by atoms with Crippen LogP contribution in [0.3, 0.4) is 0 Å². The topological polar surface area (TPSA) is 17.8 Å². The summed E-state index contributed by atoms with van der Waals surface area (Å²) in [5.74, 6) is 0. The van der Waals surface area contributed by atoms with Gasteiger partial charge in [-0.1, -0.05) is 35.3 Å². The lowest BCUT2D eigenvalue weighted by Gasteiger charge is -2.21. The van der Waals surface area contributed by atoms with Gasteiger partial charge in [0.1, 0.15) is 6.17 Å². The third-order valence-electron chi connectivity index (χ3n) is 3.84. The van der Waals surface area contributed by atoms with E-state index in [0.717, 1.165) is 28.8 Å². The van der Waals surface area contributed by atoms with E-state index >= 15 is 0 Å². The molecule has 110 valence electrons. The molecule has 1 unspecified atom stereocenters. The van der Waals surface area contributed by atoms with Crippen molar-refractivity contribution in [2.75, 3.05) is 0 Å². The Morgan fingerprint density at radius 1 is 1.43 bits per heavy atom. The van der Waals surface area contributed by atoms with Crippen LogP contribution in [0.4, 0.5) is 4.39 Å². The Kier molecular flexibility index (Phi) is 4.05. The zero-order chi connectivity index (χ0) is 15.0. The molecule has 21 heavy (non-hydrogen) atoms.